The molecule has 2 bridgehead atoms. The Kier molecular flexibility index (Phi) is 5.69. The van der Waals surface area contributed by atoms with E-state index in [9.17, 15) is 4.79 Å². The van der Waals surface area contributed by atoms with Crippen LogP contribution >= 0.6 is 0 Å². The fourth-order valence-corrected chi connectivity index (χ4v) is 4.83. The topological polar surface area (TPSA) is 56.8 Å². The van der Waals surface area contributed by atoms with Crippen molar-refractivity contribution in [2.75, 3.05) is 13.2 Å². The summed E-state index contributed by atoms with van der Waals surface area (Å²) >= 11 is 0. The lowest BCUT2D eigenvalue weighted by molar-refractivity contribution is -0.113. The first-order chi connectivity index (χ1) is 12.2. The van der Waals surface area contributed by atoms with Gasteiger partial charge in [0.2, 0.25) is 0 Å². The molecule has 4 atom stereocenters. The third kappa shape index (κ3) is 4.42. The van der Waals surface area contributed by atoms with Crippen LogP contribution in [0.1, 0.15) is 60.3 Å². The molecule has 1 N–H and O–H groups in total. The molecule has 1 amide bonds. The van der Waals surface area contributed by atoms with Gasteiger partial charge in [-0.25, -0.2) is 4.79 Å². The SMILES string of the molecule is CC(C)(C)OC(=O)NC1C(C/C=C/CC2OCCO2)CC2CC1C2(C)C. The van der Waals surface area contributed by atoms with Crippen LogP contribution in [0.2, 0.25) is 0 Å². The van der Waals surface area contributed by atoms with Gasteiger partial charge in [0.25, 0.3) is 0 Å². The summed E-state index contributed by atoms with van der Waals surface area (Å²) in [5.74, 6) is 1.78. The van der Waals surface area contributed by atoms with Crippen molar-refractivity contribution in [3.05, 3.63) is 12.2 Å². The highest BCUT2D eigenvalue weighted by molar-refractivity contribution is 5.68. The minimum atomic E-state index is -0.465. The third-order valence-electron chi connectivity index (χ3n) is 6.38. The predicted molar refractivity (Wildman–Crippen MR) is 101 cm³/mol. The summed E-state index contributed by atoms with van der Waals surface area (Å²) in [4.78, 5) is 12.4. The van der Waals surface area contributed by atoms with Crippen LogP contribution in [0.4, 0.5) is 4.79 Å². The van der Waals surface area contributed by atoms with Gasteiger partial charge >= 0.3 is 6.09 Å². The summed E-state index contributed by atoms with van der Waals surface area (Å²) < 4.78 is 16.5. The van der Waals surface area contributed by atoms with Gasteiger partial charge in [0.1, 0.15) is 5.60 Å². The van der Waals surface area contributed by atoms with Gasteiger partial charge in [0.05, 0.1) is 13.2 Å². The molecule has 1 heterocycles. The molecule has 1 aliphatic heterocycles. The van der Waals surface area contributed by atoms with E-state index in [-0.39, 0.29) is 18.4 Å². The molecule has 0 spiro atoms. The van der Waals surface area contributed by atoms with Gasteiger partial charge < -0.3 is 19.5 Å². The van der Waals surface area contributed by atoms with Gasteiger partial charge in [-0.15, -0.1) is 0 Å². The Balaban J connectivity index is 1.57. The summed E-state index contributed by atoms with van der Waals surface area (Å²) in [6, 6.07) is 0.188. The summed E-state index contributed by atoms with van der Waals surface area (Å²) in [6.07, 6.45) is 8.20. The molecule has 4 fully saturated rings. The van der Waals surface area contributed by atoms with Crippen molar-refractivity contribution in [3.8, 4) is 0 Å². The Labute approximate surface area is 157 Å². The molecule has 0 aromatic heterocycles. The summed E-state index contributed by atoms with van der Waals surface area (Å²) in [6.45, 7) is 11.8. The third-order valence-corrected chi connectivity index (χ3v) is 6.38. The number of amides is 1. The van der Waals surface area contributed by atoms with E-state index in [1.807, 2.05) is 20.8 Å². The van der Waals surface area contributed by atoms with Crippen LogP contribution < -0.4 is 5.32 Å². The van der Waals surface area contributed by atoms with Gasteiger partial charge in [-0.1, -0.05) is 26.0 Å². The predicted octanol–water partition coefficient (Wildman–Crippen LogP) is 4.27. The van der Waals surface area contributed by atoms with Crippen LogP contribution in [-0.2, 0) is 14.2 Å². The molecule has 4 aliphatic rings. The fourth-order valence-electron chi connectivity index (χ4n) is 4.83. The Bertz CT molecular complexity index is 531. The van der Waals surface area contributed by atoms with Crippen LogP contribution in [0.3, 0.4) is 0 Å². The van der Waals surface area contributed by atoms with Gasteiger partial charge in [-0.05, 0) is 63.2 Å². The zero-order valence-electron chi connectivity index (χ0n) is 16.9. The van der Waals surface area contributed by atoms with E-state index in [4.69, 9.17) is 14.2 Å². The molecule has 4 rings (SSSR count). The number of carbonyl (C=O) groups is 1. The quantitative estimate of drug-likeness (QED) is 0.739. The second kappa shape index (κ2) is 7.51. The molecule has 0 aromatic carbocycles. The van der Waals surface area contributed by atoms with E-state index in [2.05, 4.69) is 31.3 Å². The number of hydrogen-bond donors (Lipinski definition) is 1. The average Bonchev–Trinajstić information content (AvgIpc) is 3.03. The van der Waals surface area contributed by atoms with E-state index < -0.39 is 5.60 Å². The van der Waals surface area contributed by atoms with E-state index in [1.54, 1.807) is 0 Å². The van der Waals surface area contributed by atoms with Crippen LogP contribution in [0.25, 0.3) is 0 Å². The highest BCUT2D eigenvalue weighted by Crippen LogP contribution is 2.61. The van der Waals surface area contributed by atoms with E-state index in [0.717, 1.165) is 18.8 Å². The monoisotopic (exact) mass is 365 g/mol. The van der Waals surface area contributed by atoms with Crippen LogP contribution in [0.5, 0.6) is 0 Å². The molecule has 148 valence electrons. The van der Waals surface area contributed by atoms with E-state index in [1.165, 1.54) is 12.8 Å². The fraction of sp³-hybridized carbons (Fsp3) is 0.857. The molecule has 0 aromatic rings. The van der Waals surface area contributed by atoms with Gasteiger partial charge in [0.15, 0.2) is 6.29 Å². The number of rotatable bonds is 5. The van der Waals surface area contributed by atoms with Crippen molar-refractivity contribution in [2.45, 2.75) is 78.2 Å². The van der Waals surface area contributed by atoms with Gasteiger partial charge in [-0.2, -0.15) is 0 Å². The van der Waals surface area contributed by atoms with Crippen molar-refractivity contribution < 1.29 is 19.0 Å². The van der Waals surface area contributed by atoms with Crippen LogP contribution in [0, 0.1) is 23.2 Å². The molecule has 3 saturated carbocycles. The molecule has 26 heavy (non-hydrogen) atoms. The molecule has 0 radical (unpaired) electrons. The molecule has 5 nitrogen and oxygen atoms in total. The Hall–Kier alpha value is -1.07. The minimum Gasteiger partial charge on any atom is -0.444 e. The molecule has 3 aliphatic carbocycles. The van der Waals surface area contributed by atoms with Gasteiger partial charge in [-0.3, -0.25) is 0 Å². The number of allylic oxidation sites excluding steroid dienone is 1. The van der Waals surface area contributed by atoms with Crippen molar-refractivity contribution in [1.82, 2.24) is 5.32 Å². The Morgan fingerprint density at radius 1 is 1.15 bits per heavy atom. The van der Waals surface area contributed by atoms with E-state index >= 15 is 0 Å². The lowest BCUT2D eigenvalue weighted by atomic mass is 9.44. The molecular weight excluding hydrogens is 330 g/mol. The molecule has 4 unspecified atom stereocenters. The highest BCUT2D eigenvalue weighted by Gasteiger charge is 2.57. The van der Waals surface area contributed by atoms with Crippen molar-refractivity contribution in [3.63, 3.8) is 0 Å². The number of nitrogens with one attached hydrogen (secondary N) is 1. The number of carbonyl (C=O) groups excluding carboxylic acids is 1. The summed E-state index contributed by atoms with van der Waals surface area (Å²) in [5.41, 5.74) is -0.154. The first-order valence-corrected chi connectivity index (χ1v) is 10.0. The maximum Gasteiger partial charge on any atom is 0.407 e. The average molecular weight is 366 g/mol. The first kappa shape index (κ1) is 19.7. The van der Waals surface area contributed by atoms with Crippen LogP contribution in [0.15, 0.2) is 12.2 Å². The molecule has 5 heteroatoms. The number of hydrogen-bond acceptors (Lipinski definition) is 4. The summed E-state index contributed by atoms with van der Waals surface area (Å²) in [7, 11) is 0. The lowest BCUT2D eigenvalue weighted by Crippen LogP contribution is -2.63. The standard InChI is InChI=1S/C21H35NO4/c1-20(2,3)26-19(23)22-18-14(12-15-13-16(18)21(15,4)5)8-6-7-9-17-24-10-11-25-17/h6-7,14-18H,8-13H2,1-5H3,(H,22,23)/b7-6+. The van der Waals surface area contributed by atoms with Crippen molar-refractivity contribution in [1.29, 1.82) is 0 Å². The van der Waals surface area contributed by atoms with Crippen molar-refractivity contribution >= 4 is 6.09 Å². The van der Waals surface area contributed by atoms with E-state index in [0.29, 0.717) is 30.5 Å². The minimum absolute atomic E-state index is 0.0828. The Morgan fingerprint density at radius 2 is 1.81 bits per heavy atom. The maximum atomic E-state index is 12.4. The van der Waals surface area contributed by atoms with Crippen LogP contribution in [-0.4, -0.2) is 37.2 Å². The normalized spacial score (nSPS) is 33.9. The lowest BCUT2D eigenvalue weighted by Gasteiger charge is -2.62. The smallest absolute Gasteiger partial charge is 0.407 e. The zero-order chi connectivity index (χ0) is 18.9. The second-order valence-corrected chi connectivity index (χ2v) is 9.64. The highest BCUT2D eigenvalue weighted by atomic mass is 16.7. The maximum absolute atomic E-state index is 12.4. The van der Waals surface area contributed by atoms with Crippen molar-refractivity contribution in [2.24, 2.45) is 23.2 Å². The Morgan fingerprint density at radius 3 is 2.42 bits per heavy atom. The first-order valence-electron chi connectivity index (χ1n) is 10.0. The molecular formula is C21H35NO4. The number of alkyl carbamates (subject to hydrolysis) is 1. The number of ether oxygens (including phenoxy) is 3. The largest absolute Gasteiger partial charge is 0.444 e. The second-order valence-electron chi connectivity index (χ2n) is 9.64. The summed E-state index contributed by atoms with van der Waals surface area (Å²) in [5, 5.41) is 3.21. The molecule has 1 saturated heterocycles. The number of fused-ring (bicyclic) bond motifs is 2. The van der Waals surface area contributed by atoms with Gasteiger partial charge in [0, 0.05) is 12.5 Å². The zero-order valence-corrected chi connectivity index (χ0v) is 16.9.